The standard InChI is InChI=1S/C21H26O4/c1-18(2)11-7-12-19(3)21(18)15-14-20(23-19,24-25-21)13-10-16-8-5-6-9-17(16)22-4/h5-6,8-10,13-15H,7,11-12H2,1-4H3/b13-10+/t19-,20-,21?/m0/s1. The minimum atomic E-state index is -0.995. The zero-order valence-corrected chi connectivity index (χ0v) is 15.4. The molecule has 3 atom stereocenters. The maximum atomic E-state index is 6.52. The second kappa shape index (κ2) is 5.44. The molecular formula is C21H26O4. The lowest BCUT2D eigenvalue weighted by Gasteiger charge is -2.64. The fourth-order valence-electron chi connectivity index (χ4n) is 4.63. The highest BCUT2D eigenvalue weighted by Crippen LogP contribution is 2.60. The Balaban J connectivity index is 1.70. The van der Waals surface area contributed by atoms with Crippen LogP contribution in [-0.4, -0.2) is 24.1 Å². The minimum Gasteiger partial charge on any atom is -0.496 e. The molecule has 25 heavy (non-hydrogen) atoms. The van der Waals surface area contributed by atoms with Gasteiger partial charge in [-0.05, 0) is 56.6 Å². The number of fused-ring (bicyclic) bond motifs is 1. The van der Waals surface area contributed by atoms with E-state index in [1.165, 1.54) is 0 Å². The van der Waals surface area contributed by atoms with Gasteiger partial charge >= 0.3 is 0 Å². The summed E-state index contributed by atoms with van der Waals surface area (Å²) in [4.78, 5) is 11.8. The third-order valence-corrected chi connectivity index (χ3v) is 6.12. The average molecular weight is 342 g/mol. The fraction of sp³-hybridized carbons (Fsp3) is 0.524. The zero-order chi connectivity index (χ0) is 17.8. The summed E-state index contributed by atoms with van der Waals surface area (Å²) in [6.07, 6.45) is 11.2. The van der Waals surface area contributed by atoms with Gasteiger partial charge in [-0.25, -0.2) is 4.89 Å². The Morgan fingerprint density at radius 3 is 2.56 bits per heavy atom. The van der Waals surface area contributed by atoms with Gasteiger partial charge in [0, 0.05) is 11.0 Å². The first-order valence-electron chi connectivity index (χ1n) is 8.95. The maximum absolute atomic E-state index is 6.52. The van der Waals surface area contributed by atoms with Gasteiger partial charge in [0.15, 0.2) is 5.60 Å². The van der Waals surface area contributed by atoms with Gasteiger partial charge in [0.05, 0.1) is 7.11 Å². The van der Waals surface area contributed by atoms with Gasteiger partial charge < -0.3 is 9.47 Å². The number of ether oxygens (including phenoxy) is 2. The van der Waals surface area contributed by atoms with Crippen LogP contribution < -0.4 is 4.74 Å². The Morgan fingerprint density at radius 2 is 1.84 bits per heavy atom. The van der Waals surface area contributed by atoms with E-state index in [2.05, 4.69) is 26.8 Å². The molecule has 4 heteroatoms. The number of hydrogen-bond acceptors (Lipinski definition) is 4. The molecule has 0 radical (unpaired) electrons. The fourth-order valence-corrected chi connectivity index (χ4v) is 4.63. The molecule has 1 aromatic carbocycles. The van der Waals surface area contributed by atoms with E-state index in [4.69, 9.17) is 19.2 Å². The van der Waals surface area contributed by atoms with Crippen LogP contribution in [-0.2, 0) is 14.5 Å². The Morgan fingerprint density at radius 1 is 1.04 bits per heavy atom. The van der Waals surface area contributed by atoms with E-state index in [9.17, 15) is 0 Å². The van der Waals surface area contributed by atoms with E-state index in [0.717, 1.165) is 30.6 Å². The summed E-state index contributed by atoms with van der Waals surface area (Å²) in [5, 5.41) is 0. The van der Waals surface area contributed by atoms with Crippen molar-refractivity contribution in [3.8, 4) is 5.75 Å². The van der Waals surface area contributed by atoms with E-state index >= 15 is 0 Å². The van der Waals surface area contributed by atoms with Crippen molar-refractivity contribution < 1.29 is 19.2 Å². The molecule has 0 N–H and O–H groups in total. The molecule has 1 aliphatic carbocycles. The van der Waals surface area contributed by atoms with Gasteiger partial charge in [-0.3, -0.25) is 0 Å². The average Bonchev–Trinajstić information content (AvgIpc) is 2.60. The highest BCUT2D eigenvalue weighted by Gasteiger charge is 2.68. The molecule has 4 nitrogen and oxygen atoms in total. The van der Waals surface area contributed by atoms with E-state index in [0.29, 0.717) is 0 Å². The molecule has 1 spiro atoms. The van der Waals surface area contributed by atoms with E-state index < -0.39 is 17.0 Å². The lowest BCUT2D eigenvalue weighted by atomic mass is 9.57. The summed E-state index contributed by atoms with van der Waals surface area (Å²) in [5.41, 5.74) is -0.0304. The summed E-state index contributed by atoms with van der Waals surface area (Å²) < 4.78 is 11.9. The van der Waals surface area contributed by atoms with Crippen LogP contribution >= 0.6 is 0 Å². The van der Waals surface area contributed by atoms with Crippen LogP contribution in [0.25, 0.3) is 6.08 Å². The first-order chi connectivity index (χ1) is 11.9. The molecule has 1 aromatic rings. The van der Waals surface area contributed by atoms with Crippen LogP contribution in [0.15, 0.2) is 42.5 Å². The van der Waals surface area contributed by atoms with E-state index in [1.54, 1.807) is 7.11 Å². The van der Waals surface area contributed by atoms with Crippen LogP contribution in [0.5, 0.6) is 5.75 Å². The van der Waals surface area contributed by atoms with Crippen molar-refractivity contribution in [2.75, 3.05) is 7.11 Å². The van der Waals surface area contributed by atoms with Crippen LogP contribution in [0.3, 0.4) is 0 Å². The molecule has 4 aliphatic rings. The van der Waals surface area contributed by atoms with Crippen molar-refractivity contribution in [1.82, 2.24) is 0 Å². The molecular weight excluding hydrogens is 316 g/mol. The number of hydrogen-bond donors (Lipinski definition) is 0. The molecule has 1 saturated heterocycles. The maximum Gasteiger partial charge on any atom is 0.241 e. The lowest BCUT2D eigenvalue weighted by molar-refractivity contribution is -0.540. The first-order valence-corrected chi connectivity index (χ1v) is 8.95. The first kappa shape index (κ1) is 16.8. The van der Waals surface area contributed by atoms with Gasteiger partial charge in [-0.1, -0.05) is 32.0 Å². The Hall–Kier alpha value is -1.62. The van der Waals surface area contributed by atoms with Crippen molar-refractivity contribution in [3.63, 3.8) is 0 Å². The number of benzene rings is 1. The van der Waals surface area contributed by atoms with Gasteiger partial charge in [0.25, 0.3) is 0 Å². The van der Waals surface area contributed by atoms with Gasteiger partial charge in [0.2, 0.25) is 5.79 Å². The van der Waals surface area contributed by atoms with Crippen molar-refractivity contribution in [2.45, 2.75) is 57.0 Å². The smallest absolute Gasteiger partial charge is 0.241 e. The molecule has 134 valence electrons. The molecule has 0 aromatic heterocycles. The predicted octanol–water partition coefficient (Wildman–Crippen LogP) is 4.66. The van der Waals surface area contributed by atoms with Crippen LogP contribution in [0.1, 0.15) is 45.6 Å². The van der Waals surface area contributed by atoms with Crippen molar-refractivity contribution >= 4 is 6.08 Å². The second-order valence-electron chi connectivity index (χ2n) is 8.10. The monoisotopic (exact) mass is 342 g/mol. The number of para-hydroxylation sites is 1. The van der Waals surface area contributed by atoms with Gasteiger partial charge in [-0.2, -0.15) is 4.89 Å². The van der Waals surface area contributed by atoms with Crippen LogP contribution in [0, 0.1) is 5.41 Å². The zero-order valence-electron chi connectivity index (χ0n) is 15.4. The topological polar surface area (TPSA) is 36.9 Å². The highest BCUT2D eigenvalue weighted by molar-refractivity contribution is 5.58. The number of methoxy groups -OCH3 is 1. The third kappa shape index (κ3) is 2.31. The van der Waals surface area contributed by atoms with Gasteiger partial charge in [-0.15, -0.1) is 0 Å². The molecule has 0 amide bonds. The third-order valence-electron chi connectivity index (χ3n) is 6.12. The summed E-state index contributed by atoms with van der Waals surface area (Å²) in [5.74, 6) is -0.184. The van der Waals surface area contributed by atoms with E-state index in [-0.39, 0.29) is 5.41 Å². The molecule has 1 unspecified atom stereocenters. The molecule has 1 saturated carbocycles. The van der Waals surface area contributed by atoms with Crippen LogP contribution in [0.4, 0.5) is 0 Å². The Labute approximate surface area is 149 Å². The number of rotatable bonds is 3. The second-order valence-corrected chi connectivity index (χ2v) is 8.10. The molecule has 5 rings (SSSR count). The van der Waals surface area contributed by atoms with Crippen LogP contribution in [0.2, 0.25) is 0 Å². The predicted molar refractivity (Wildman–Crippen MR) is 95.9 cm³/mol. The summed E-state index contributed by atoms with van der Waals surface area (Å²) in [6.45, 7) is 6.60. The minimum absolute atomic E-state index is 0.0462. The largest absolute Gasteiger partial charge is 0.496 e. The SMILES string of the molecule is COc1ccccc1/C=C/[C@@]12C=CC3(OO1)C(C)(C)CCC[C@]3(C)O2. The quantitative estimate of drug-likeness (QED) is 0.591. The van der Waals surface area contributed by atoms with Crippen molar-refractivity contribution in [1.29, 1.82) is 0 Å². The summed E-state index contributed by atoms with van der Waals surface area (Å²) >= 11 is 0. The molecule has 3 heterocycles. The molecule has 2 fully saturated rings. The van der Waals surface area contributed by atoms with Gasteiger partial charge in [0.1, 0.15) is 11.4 Å². The summed E-state index contributed by atoms with van der Waals surface area (Å²) in [6, 6.07) is 7.86. The Bertz CT molecular complexity index is 737. The molecule has 2 bridgehead atoms. The highest BCUT2D eigenvalue weighted by atomic mass is 17.3. The van der Waals surface area contributed by atoms with Crippen molar-refractivity contribution in [2.24, 2.45) is 5.41 Å². The lowest BCUT2D eigenvalue weighted by Crippen LogP contribution is -2.73. The summed E-state index contributed by atoms with van der Waals surface area (Å²) in [7, 11) is 1.67. The Kier molecular flexibility index (Phi) is 3.66. The molecule has 3 aliphatic heterocycles. The normalized spacial score (nSPS) is 38.7. The van der Waals surface area contributed by atoms with E-state index in [1.807, 2.05) is 42.5 Å². The van der Waals surface area contributed by atoms with Crippen molar-refractivity contribution in [3.05, 3.63) is 48.1 Å².